The molecule has 2 heterocycles. The number of anilines is 2. The van der Waals surface area contributed by atoms with Gasteiger partial charge in [-0.3, -0.25) is 9.78 Å². The minimum absolute atomic E-state index is 0.134. The van der Waals surface area contributed by atoms with E-state index in [0.29, 0.717) is 17.6 Å². The first-order valence-corrected chi connectivity index (χ1v) is 11.1. The first kappa shape index (κ1) is 19.8. The Hall–Kier alpha value is -3.18. The van der Waals surface area contributed by atoms with Crippen LogP contribution in [0.4, 0.5) is 11.4 Å². The molecule has 1 amide bonds. The van der Waals surface area contributed by atoms with E-state index in [1.165, 1.54) is 11.1 Å². The van der Waals surface area contributed by atoms with Crippen molar-refractivity contribution in [3.63, 3.8) is 0 Å². The van der Waals surface area contributed by atoms with Gasteiger partial charge in [-0.1, -0.05) is 30.3 Å². The standard InChI is InChI=1S/C26H28N4O/c31-26(21-7-4-12-27-18-21)29-23-8-3-9-25(17-23)30-13-10-22(11-14-30)28-24-15-19-5-1-2-6-20(19)16-24/h1-9,12,17-18,22,24,28H,10-11,13-16H2,(H,29,31). The number of piperidine rings is 1. The Morgan fingerprint density at radius 2 is 1.68 bits per heavy atom. The second-order valence-corrected chi connectivity index (χ2v) is 8.55. The average molecular weight is 413 g/mol. The number of hydrogen-bond donors (Lipinski definition) is 2. The van der Waals surface area contributed by atoms with Gasteiger partial charge < -0.3 is 15.5 Å². The third-order valence-electron chi connectivity index (χ3n) is 6.41. The number of benzene rings is 2. The Labute approximate surface area is 183 Å². The van der Waals surface area contributed by atoms with E-state index < -0.39 is 0 Å². The van der Waals surface area contributed by atoms with Crippen molar-refractivity contribution in [1.29, 1.82) is 0 Å². The van der Waals surface area contributed by atoms with Gasteiger partial charge in [0.25, 0.3) is 5.91 Å². The lowest BCUT2D eigenvalue weighted by Crippen LogP contribution is -2.46. The van der Waals surface area contributed by atoms with E-state index >= 15 is 0 Å². The molecule has 1 aliphatic carbocycles. The fourth-order valence-electron chi connectivity index (χ4n) is 4.80. The second-order valence-electron chi connectivity index (χ2n) is 8.55. The monoisotopic (exact) mass is 412 g/mol. The predicted molar refractivity (Wildman–Crippen MR) is 125 cm³/mol. The Morgan fingerprint density at radius 3 is 2.39 bits per heavy atom. The smallest absolute Gasteiger partial charge is 0.257 e. The molecular formula is C26H28N4O. The van der Waals surface area contributed by atoms with Gasteiger partial charge in [0.15, 0.2) is 0 Å². The van der Waals surface area contributed by atoms with Crippen molar-refractivity contribution >= 4 is 17.3 Å². The van der Waals surface area contributed by atoms with Crippen molar-refractivity contribution in [1.82, 2.24) is 10.3 Å². The fourth-order valence-corrected chi connectivity index (χ4v) is 4.80. The molecule has 3 aromatic rings. The van der Waals surface area contributed by atoms with Crippen LogP contribution in [0.15, 0.2) is 73.1 Å². The summed E-state index contributed by atoms with van der Waals surface area (Å²) in [4.78, 5) is 18.9. The molecule has 0 unspecified atom stereocenters. The van der Waals surface area contributed by atoms with Crippen LogP contribution in [0, 0.1) is 0 Å². The normalized spacial score (nSPS) is 16.8. The third kappa shape index (κ3) is 4.62. The van der Waals surface area contributed by atoms with Crippen LogP contribution in [-0.4, -0.2) is 36.1 Å². The molecule has 1 fully saturated rings. The Morgan fingerprint density at radius 1 is 0.903 bits per heavy atom. The lowest BCUT2D eigenvalue weighted by atomic mass is 10.0. The van der Waals surface area contributed by atoms with E-state index in [-0.39, 0.29) is 5.91 Å². The summed E-state index contributed by atoms with van der Waals surface area (Å²) in [6.07, 6.45) is 7.82. The molecule has 2 aliphatic rings. The molecule has 31 heavy (non-hydrogen) atoms. The first-order valence-electron chi connectivity index (χ1n) is 11.1. The highest BCUT2D eigenvalue weighted by Crippen LogP contribution is 2.26. The zero-order valence-corrected chi connectivity index (χ0v) is 17.6. The number of carbonyl (C=O) groups is 1. The number of rotatable bonds is 5. The highest BCUT2D eigenvalue weighted by atomic mass is 16.1. The van der Waals surface area contributed by atoms with Crippen LogP contribution in [0.2, 0.25) is 0 Å². The summed E-state index contributed by atoms with van der Waals surface area (Å²) in [5, 5.41) is 6.89. The van der Waals surface area contributed by atoms with Crippen LogP contribution in [0.25, 0.3) is 0 Å². The number of nitrogens with one attached hydrogen (secondary N) is 2. The predicted octanol–water partition coefficient (Wildman–Crippen LogP) is 4.06. The van der Waals surface area contributed by atoms with Crippen LogP contribution in [0.5, 0.6) is 0 Å². The van der Waals surface area contributed by atoms with Crippen molar-refractivity contribution in [2.75, 3.05) is 23.3 Å². The van der Waals surface area contributed by atoms with Crippen LogP contribution in [-0.2, 0) is 12.8 Å². The fraction of sp³-hybridized carbons (Fsp3) is 0.308. The van der Waals surface area contributed by atoms with Crippen molar-refractivity contribution in [3.05, 3.63) is 89.7 Å². The third-order valence-corrected chi connectivity index (χ3v) is 6.41. The quantitative estimate of drug-likeness (QED) is 0.664. The van der Waals surface area contributed by atoms with Gasteiger partial charge in [0.05, 0.1) is 5.56 Å². The average Bonchev–Trinajstić information content (AvgIpc) is 3.23. The molecule has 5 rings (SSSR count). The SMILES string of the molecule is O=C(Nc1cccc(N2CCC(NC3Cc4ccccc4C3)CC2)c1)c1cccnc1. The largest absolute Gasteiger partial charge is 0.371 e. The van der Waals surface area contributed by atoms with Crippen LogP contribution >= 0.6 is 0 Å². The van der Waals surface area contributed by atoms with E-state index in [9.17, 15) is 4.79 Å². The summed E-state index contributed by atoms with van der Waals surface area (Å²) >= 11 is 0. The summed E-state index contributed by atoms with van der Waals surface area (Å²) in [5.74, 6) is -0.134. The zero-order valence-electron chi connectivity index (χ0n) is 17.6. The van der Waals surface area contributed by atoms with Crippen LogP contribution in [0.1, 0.15) is 34.3 Å². The number of nitrogens with zero attached hydrogens (tertiary/aromatic N) is 2. The Bertz CT molecular complexity index is 1020. The highest BCUT2D eigenvalue weighted by molar-refractivity contribution is 6.04. The van der Waals surface area contributed by atoms with Crippen molar-refractivity contribution < 1.29 is 4.79 Å². The molecule has 0 spiro atoms. The number of pyridine rings is 1. The van der Waals surface area contributed by atoms with Gasteiger partial charge in [-0.25, -0.2) is 0 Å². The number of hydrogen-bond acceptors (Lipinski definition) is 4. The number of aromatic nitrogens is 1. The highest BCUT2D eigenvalue weighted by Gasteiger charge is 2.26. The molecule has 1 saturated heterocycles. The molecule has 1 aromatic heterocycles. The van der Waals surface area contributed by atoms with Gasteiger partial charge in [0, 0.05) is 48.9 Å². The van der Waals surface area contributed by atoms with Crippen molar-refractivity contribution in [2.24, 2.45) is 0 Å². The number of carbonyl (C=O) groups excluding carboxylic acids is 1. The molecule has 5 heteroatoms. The Kier molecular flexibility index (Phi) is 5.67. The lowest BCUT2D eigenvalue weighted by molar-refractivity contribution is 0.102. The van der Waals surface area contributed by atoms with E-state index in [0.717, 1.165) is 50.1 Å². The van der Waals surface area contributed by atoms with Gasteiger partial charge in [0.2, 0.25) is 0 Å². The van der Waals surface area contributed by atoms with Crippen molar-refractivity contribution in [3.8, 4) is 0 Å². The molecule has 0 atom stereocenters. The summed E-state index contributed by atoms with van der Waals surface area (Å²) in [5.41, 5.74) is 5.55. The maximum Gasteiger partial charge on any atom is 0.257 e. The van der Waals surface area contributed by atoms with Crippen molar-refractivity contribution in [2.45, 2.75) is 37.8 Å². The molecule has 2 aromatic carbocycles. The topological polar surface area (TPSA) is 57.3 Å². The zero-order chi connectivity index (χ0) is 21.0. The van der Waals surface area contributed by atoms with Gasteiger partial charge in [-0.2, -0.15) is 0 Å². The van der Waals surface area contributed by atoms with Gasteiger partial charge in [-0.05, 0) is 67.1 Å². The van der Waals surface area contributed by atoms with E-state index in [1.54, 1.807) is 24.5 Å². The summed E-state index contributed by atoms with van der Waals surface area (Å²) in [6, 6.07) is 21.6. The van der Waals surface area contributed by atoms with E-state index in [4.69, 9.17) is 0 Å². The maximum absolute atomic E-state index is 12.4. The minimum Gasteiger partial charge on any atom is -0.371 e. The summed E-state index contributed by atoms with van der Waals surface area (Å²) in [6.45, 7) is 2.05. The van der Waals surface area contributed by atoms with Gasteiger partial charge in [-0.15, -0.1) is 0 Å². The second kappa shape index (κ2) is 8.90. The Balaban J connectivity index is 1.15. The summed E-state index contributed by atoms with van der Waals surface area (Å²) in [7, 11) is 0. The minimum atomic E-state index is -0.134. The van der Waals surface area contributed by atoms with E-state index in [2.05, 4.69) is 56.9 Å². The molecule has 0 saturated carbocycles. The molecule has 158 valence electrons. The molecule has 0 bridgehead atoms. The van der Waals surface area contributed by atoms with Crippen LogP contribution in [0.3, 0.4) is 0 Å². The maximum atomic E-state index is 12.4. The molecule has 0 radical (unpaired) electrons. The van der Waals surface area contributed by atoms with E-state index in [1.807, 2.05) is 12.1 Å². The number of fused-ring (bicyclic) bond motifs is 1. The molecule has 2 N–H and O–H groups in total. The van der Waals surface area contributed by atoms with Crippen LogP contribution < -0.4 is 15.5 Å². The lowest BCUT2D eigenvalue weighted by Gasteiger charge is -2.35. The van der Waals surface area contributed by atoms with Gasteiger partial charge >= 0.3 is 0 Å². The van der Waals surface area contributed by atoms with Gasteiger partial charge in [0.1, 0.15) is 0 Å². The summed E-state index contributed by atoms with van der Waals surface area (Å²) < 4.78 is 0. The first-order chi connectivity index (χ1) is 15.2. The number of amides is 1. The molecule has 1 aliphatic heterocycles. The molecule has 5 nitrogen and oxygen atoms in total. The molecular weight excluding hydrogens is 384 g/mol.